The van der Waals surface area contributed by atoms with Crippen LogP contribution in [0.1, 0.15) is 39.0 Å². The summed E-state index contributed by atoms with van der Waals surface area (Å²) in [4.78, 5) is 5.18. The summed E-state index contributed by atoms with van der Waals surface area (Å²) in [5, 5.41) is 0. The number of piperidine rings is 1. The quantitative estimate of drug-likeness (QED) is 0.830. The van der Waals surface area contributed by atoms with Crippen LogP contribution in [0.25, 0.3) is 0 Å². The Balaban J connectivity index is 1.80. The van der Waals surface area contributed by atoms with Gasteiger partial charge < -0.3 is 15.4 Å². The summed E-state index contributed by atoms with van der Waals surface area (Å²) in [6.07, 6.45) is 6.68. The Bertz CT molecular complexity index is 321. The first-order valence-corrected chi connectivity index (χ1v) is 7.84. The molecule has 3 fully saturated rings. The van der Waals surface area contributed by atoms with Crippen molar-refractivity contribution in [2.45, 2.75) is 68.8 Å². The predicted molar refractivity (Wildman–Crippen MR) is 77.2 cm³/mol. The second kappa shape index (κ2) is 4.99. The second-order valence-electron chi connectivity index (χ2n) is 6.93. The maximum atomic E-state index is 6.25. The van der Waals surface area contributed by atoms with Gasteiger partial charge in [-0.05, 0) is 53.1 Å². The third-order valence-electron chi connectivity index (χ3n) is 6.18. The van der Waals surface area contributed by atoms with Gasteiger partial charge in [-0.3, -0.25) is 4.90 Å². The van der Waals surface area contributed by atoms with Crippen molar-refractivity contribution >= 4 is 0 Å². The summed E-state index contributed by atoms with van der Waals surface area (Å²) in [6, 6.07) is 2.02. The highest BCUT2D eigenvalue weighted by atomic mass is 16.5. The molecule has 0 spiro atoms. The fourth-order valence-corrected chi connectivity index (χ4v) is 4.72. The van der Waals surface area contributed by atoms with Gasteiger partial charge in [0.05, 0.1) is 6.10 Å². The monoisotopic (exact) mass is 267 g/mol. The molecule has 2 N–H and O–H groups in total. The van der Waals surface area contributed by atoms with Crippen molar-refractivity contribution in [3.63, 3.8) is 0 Å². The van der Waals surface area contributed by atoms with E-state index < -0.39 is 0 Å². The van der Waals surface area contributed by atoms with Crippen LogP contribution in [0, 0.1) is 0 Å². The molecule has 3 aliphatic heterocycles. The summed E-state index contributed by atoms with van der Waals surface area (Å²) < 4.78 is 5.76. The van der Waals surface area contributed by atoms with E-state index in [-0.39, 0.29) is 5.54 Å². The molecule has 4 atom stereocenters. The van der Waals surface area contributed by atoms with Gasteiger partial charge in [0.1, 0.15) is 0 Å². The largest absolute Gasteiger partial charge is 0.377 e. The normalized spacial score (nSPS) is 47.2. The van der Waals surface area contributed by atoms with E-state index in [0.29, 0.717) is 12.1 Å². The third-order valence-corrected chi connectivity index (χ3v) is 6.18. The molecule has 4 unspecified atom stereocenters. The van der Waals surface area contributed by atoms with Crippen molar-refractivity contribution in [2.75, 3.05) is 27.2 Å². The molecule has 0 saturated carbocycles. The number of rotatable bonds is 3. The number of hydrogen-bond acceptors (Lipinski definition) is 4. The number of nitrogens with two attached hydrogens (primary N) is 1. The second-order valence-corrected chi connectivity index (χ2v) is 6.93. The van der Waals surface area contributed by atoms with Crippen molar-refractivity contribution in [2.24, 2.45) is 5.73 Å². The van der Waals surface area contributed by atoms with Crippen LogP contribution in [-0.4, -0.2) is 66.8 Å². The Morgan fingerprint density at radius 1 is 1.26 bits per heavy atom. The van der Waals surface area contributed by atoms with Gasteiger partial charge >= 0.3 is 0 Å². The molecule has 4 heteroatoms. The van der Waals surface area contributed by atoms with Crippen LogP contribution in [0.5, 0.6) is 0 Å². The molecule has 4 nitrogen and oxygen atoms in total. The molecule has 0 aromatic rings. The minimum absolute atomic E-state index is 0.199. The van der Waals surface area contributed by atoms with Crippen LogP contribution >= 0.6 is 0 Å². The molecule has 2 bridgehead atoms. The molecule has 19 heavy (non-hydrogen) atoms. The maximum Gasteiger partial charge on any atom is 0.0703 e. The number of likely N-dealkylation sites (N-methyl/N-ethyl adjacent to an activating group) is 1. The van der Waals surface area contributed by atoms with Gasteiger partial charge in [0.15, 0.2) is 0 Å². The Morgan fingerprint density at radius 3 is 2.37 bits per heavy atom. The van der Waals surface area contributed by atoms with E-state index in [2.05, 4.69) is 30.8 Å². The first-order valence-electron chi connectivity index (χ1n) is 7.84. The summed E-state index contributed by atoms with van der Waals surface area (Å²) >= 11 is 0. The summed E-state index contributed by atoms with van der Waals surface area (Å²) in [6.45, 7) is 3.90. The molecular weight excluding hydrogens is 238 g/mol. The molecule has 0 aromatic heterocycles. The average Bonchev–Trinajstić information content (AvgIpc) is 2.90. The smallest absolute Gasteiger partial charge is 0.0703 e. The van der Waals surface area contributed by atoms with Crippen molar-refractivity contribution in [3.05, 3.63) is 0 Å². The molecule has 3 saturated heterocycles. The molecule has 0 aromatic carbocycles. The Morgan fingerprint density at radius 2 is 1.89 bits per heavy atom. The highest BCUT2D eigenvalue weighted by molar-refractivity contribution is 5.07. The van der Waals surface area contributed by atoms with E-state index in [1.807, 2.05) is 0 Å². The van der Waals surface area contributed by atoms with E-state index in [0.717, 1.165) is 31.7 Å². The SMILES string of the molecule is CC1OCCC1N(C)C1(CN)CC2CCC(C1)N2C. The lowest BCUT2D eigenvalue weighted by Gasteiger charge is -2.52. The minimum Gasteiger partial charge on any atom is -0.377 e. The minimum atomic E-state index is 0.199. The Labute approximate surface area is 117 Å². The van der Waals surface area contributed by atoms with E-state index >= 15 is 0 Å². The van der Waals surface area contributed by atoms with Crippen LogP contribution in [-0.2, 0) is 4.74 Å². The van der Waals surface area contributed by atoms with Crippen molar-refractivity contribution < 1.29 is 4.74 Å². The molecular formula is C15H29N3O. The molecule has 110 valence electrons. The number of hydrogen-bond donors (Lipinski definition) is 1. The first-order chi connectivity index (χ1) is 9.07. The summed E-state index contributed by atoms with van der Waals surface area (Å²) in [5.74, 6) is 0. The van der Waals surface area contributed by atoms with Crippen molar-refractivity contribution in [1.82, 2.24) is 9.80 Å². The number of nitrogens with zero attached hydrogens (tertiary/aromatic N) is 2. The zero-order valence-corrected chi connectivity index (χ0v) is 12.6. The van der Waals surface area contributed by atoms with Crippen LogP contribution in [0.15, 0.2) is 0 Å². The Hall–Kier alpha value is -0.160. The molecule has 3 aliphatic rings. The van der Waals surface area contributed by atoms with Crippen LogP contribution in [0.2, 0.25) is 0 Å². The van der Waals surface area contributed by atoms with Crippen LogP contribution in [0.4, 0.5) is 0 Å². The fraction of sp³-hybridized carbons (Fsp3) is 1.00. The lowest BCUT2D eigenvalue weighted by molar-refractivity contribution is -0.0250. The topological polar surface area (TPSA) is 41.7 Å². The lowest BCUT2D eigenvalue weighted by Crippen LogP contribution is -2.63. The molecule has 3 rings (SSSR count). The standard InChI is InChI=1S/C15H29N3O/c1-11-14(6-7-19-11)18(3)15(10-16)8-12-4-5-13(9-15)17(12)2/h11-14H,4-10,16H2,1-3H3. The zero-order chi connectivity index (χ0) is 13.6. The number of ether oxygens (including phenoxy) is 1. The highest BCUT2D eigenvalue weighted by Crippen LogP contribution is 2.43. The van der Waals surface area contributed by atoms with Crippen molar-refractivity contribution in [3.8, 4) is 0 Å². The average molecular weight is 267 g/mol. The molecule has 0 aliphatic carbocycles. The van der Waals surface area contributed by atoms with Gasteiger partial charge in [-0.15, -0.1) is 0 Å². The molecule has 0 amide bonds. The third kappa shape index (κ3) is 2.13. The predicted octanol–water partition coefficient (Wildman–Crippen LogP) is 1.05. The van der Waals surface area contributed by atoms with Gasteiger partial charge in [0.25, 0.3) is 0 Å². The Kier molecular flexibility index (Phi) is 3.63. The van der Waals surface area contributed by atoms with Gasteiger partial charge in [0.2, 0.25) is 0 Å². The van der Waals surface area contributed by atoms with E-state index in [1.54, 1.807) is 0 Å². The lowest BCUT2D eigenvalue weighted by atomic mass is 9.80. The molecule has 3 heterocycles. The first kappa shape index (κ1) is 13.8. The van der Waals surface area contributed by atoms with Crippen LogP contribution in [0.3, 0.4) is 0 Å². The van der Waals surface area contributed by atoms with Crippen LogP contribution < -0.4 is 5.73 Å². The van der Waals surface area contributed by atoms with Crippen molar-refractivity contribution in [1.29, 1.82) is 0 Å². The van der Waals surface area contributed by atoms with E-state index in [9.17, 15) is 0 Å². The van der Waals surface area contributed by atoms with Gasteiger partial charge in [-0.25, -0.2) is 0 Å². The summed E-state index contributed by atoms with van der Waals surface area (Å²) in [5.41, 5.74) is 6.45. The van der Waals surface area contributed by atoms with Gasteiger partial charge in [-0.2, -0.15) is 0 Å². The zero-order valence-electron chi connectivity index (χ0n) is 12.6. The fourth-order valence-electron chi connectivity index (χ4n) is 4.72. The van der Waals surface area contributed by atoms with E-state index in [4.69, 9.17) is 10.5 Å². The summed E-state index contributed by atoms with van der Waals surface area (Å²) in [7, 11) is 4.58. The number of fused-ring (bicyclic) bond motifs is 2. The highest BCUT2D eigenvalue weighted by Gasteiger charge is 2.50. The van der Waals surface area contributed by atoms with Gasteiger partial charge in [0, 0.05) is 36.8 Å². The van der Waals surface area contributed by atoms with Gasteiger partial charge in [-0.1, -0.05) is 0 Å². The molecule has 0 radical (unpaired) electrons. The van der Waals surface area contributed by atoms with E-state index in [1.165, 1.54) is 25.7 Å². The maximum absolute atomic E-state index is 6.25.